The highest BCUT2D eigenvalue weighted by Gasteiger charge is 2.25. The van der Waals surface area contributed by atoms with Gasteiger partial charge in [0.25, 0.3) is 5.56 Å². The molecule has 0 aliphatic heterocycles. The van der Waals surface area contributed by atoms with Crippen molar-refractivity contribution in [3.05, 3.63) is 102 Å². The summed E-state index contributed by atoms with van der Waals surface area (Å²) in [7, 11) is 0. The van der Waals surface area contributed by atoms with Gasteiger partial charge in [-0.2, -0.15) is 0 Å². The van der Waals surface area contributed by atoms with Crippen LogP contribution in [0.5, 0.6) is 0 Å². The Bertz CT molecular complexity index is 1760. The maximum atomic E-state index is 13.5. The van der Waals surface area contributed by atoms with Gasteiger partial charge in [0.1, 0.15) is 11.5 Å². The quantitative estimate of drug-likeness (QED) is 0.407. The van der Waals surface area contributed by atoms with Crippen molar-refractivity contribution >= 4 is 16.4 Å². The van der Waals surface area contributed by atoms with Gasteiger partial charge in [-0.1, -0.05) is 18.2 Å². The Balaban J connectivity index is 1.33. The smallest absolute Gasteiger partial charge is 0.264 e. The number of hydrogen-bond donors (Lipinski definition) is 0. The molecule has 8 nitrogen and oxygen atoms in total. The van der Waals surface area contributed by atoms with Gasteiger partial charge in [0.05, 0.1) is 12.0 Å². The lowest BCUT2D eigenvalue weighted by Gasteiger charge is -2.09. The second-order valence-electron chi connectivity index (χ2n) is 8.58. The predicted octanol–water partition coefficient (Wildman–Crippen LogP) is 4.16. The summed E-state index contributed by atoms with van der Waals surface area (Å²) >= 11 is 0. The molecule has 1 fully saturated rings. The molecule has 5 heterocycles. The number of benzene rings is 1. The molecule has 0 bridgehead atoms. The summed E-state index contributed by atoms with van der Waals surface area (Å²) in [6.45, 7) is 0. The molecule has 0 N–H and O–H groups in total. The standard InChI is InChI=1S/C26H19N7O/c34-26-20-14-19(31-15-22(27-16-31)18-7-8-18)10-9-17(20)11-13-33(26)23-6-3-4-21(28-23)25-30-29-24-5-1-2-12-32(24)25/h1-6,9-16,18H,7-8H2. The van der Waals surface area contributed by atoms with Gasteiger partial charge < -0.3 is 4.57 Å². The van der Waals surface area contributed by atoms with Crippen molar-refractivity contribution < 1.29 is 0 Å². The van der Waals surface area contributed by atoms with Crippen molar-refractivity contribution in [2.24, 2.45) is 0 Å². The molecule has 8 heteroatoms. The predicted molar refractivity (Wildman–Crippen MR) is 128 cm³/mol. The fourth-order valence-electron chi connectivity index (χ4n) is 4.34. The van der Waals surface area contributed by atoms with Gasteiger partial charge in [-0.15, -0.1) is 10.2 Å². The van der Waals surface area contributed by atoms with E-state index in [2.05, 4.69) is 21.4 Å². The fourth-order valence-corrected chi connectivity index (χ4v) is 4.34. The van der Waals surface area contributed by atoms with E-state index in [-0.39, 0.29) is 5.56 Å². The van der Waals surface area contributed by atoms with Crippen molar-refractivity contribution in [3.63, 3.8) is 0 Å². The van der Waals surface area contributed by atoms with Crippen LogP contribution < -0.4 is 5.56 Å². The molecule has 5 aromatic heterocycles. The average molecular weight is 445 g/mol. The van der Waals surface area contributed by atoms with Crippen molar-refractivity contribution in [1.29, 1.82) is 0 Å². The van der Waals surface area contributed by atoms with E-state index in [0.717, 1.165) is 22.4 Å². The number of imidazole rings is 1. The lowest BCUT2D eigenvalue weighted by Crippen LogP contribution is -2.19. The van der Waals surface area contributed by atoms with E-state index in [1.165, 1.54) is 12.8 Å². The maximum Gasteiger partial charge on any atom is 0.264 e. The molecular formula is C26H19N7O. The highest BCUT2D eigenvalue weighted by Crippen LogP contribution is 2.39. The maximum absolute atomic E-state index is 13.5. The van der Waals surface area contributed by atoms with Crippen molar-refractivity contribution in [3.8, 4) is 23.0 Å². The number of nitrogens with zero attached hydrogens (tertiary/aromatic N) is 7. The minimum atomic E-state index is -0.127. The first-order valence-corrected chi connectivity index (χ1v) is 11.2. The SMILES string of the molecule is O=c1c2cc(-n3cnc(C4CC4)c3)ccc2ccn1-c1cccc(-c2nnc3ccccn23)n1. The Hall–Kier alpha value is -4.59. The number of hydrogen-bond acceptors (Lipinski definition) is 5. The first-order chi connectivity index (χ1) is 16.7. The van der Waals surface area contributed by atoms with E-state index in [4.69, 9.17) is 4.98 Å². The van der Waals surface area contributed by atoms with Gasteiger partial charge in [-0.25, -0.2) is 9.97 Å². The van der Waals surface area contributed by atoms with Gasteiger partial charge in [-0.05, 0) is 60.7 Å². The molecule has 0 amide bonds. The molecule has 0 spiro atoms. The van der Waals surface area contributed by atoms with E-state index < -0.39 is 0 Å². The van der Waals surface area contributed by atoms with Gasteiger partial charge in [0, 0.05) is 35.6 Å². The third-order valence-electron chi connectivity index (χ3n) is 6.31. The number of aromatic nitrogens is 7. The third-order valence-corrected chi connectivity index (χ3v) is 6.31. The average Bonchev–Trinajstić information content (AvgIpc) is 3.45. The molecule has 164 valence electrons. The fraction of sp³-hybridized carbons (Fsp3) is 0.115. The largest absolute Gasteiger partial charge is 0.306 e. The molecule has 1 aliphatic carbocycles. The Morgan fingerprint density at radius 1 is 0.912 bits per heavy atom. The van der Waals surface area contributed by atoms with Gasteiger partial charge >= 0.3 is 0 Å². The van der Waals surface area contributed by atoms with Crippen LogP contribution in [0.4, 0.5) is 0 Å². The van der Waals surface area contributed by atoms with E-state index in [1.54, 1.807) is 10.8 Å². The molecule has 0 atom stereocenters. The second-order valence-corrected chi connectivity index (χ2v) is 8.58. The third kappa shape index (κ3) is 3.03. The van der Waals surface area contributed by atoms with Crippen LogP contribution >= 0.6 is 0 Å². The van der Waals surface area contributed by atoms with E-state index in [0.29, 0.717) is 28.6 Å². The van der Waals surface area contributed by atoms with Crippen molar-refractivity contribution in [1.82, 2.24) is 33.7 Å². The summed E-state index contributed by atoms with van der Waals surface area (Å²) < 4.78 is 5.43. The zero-order valence-electron chi connectivity index (χ0n) is 18.1. The van der Waals surface area contributed by atoms with Crippen LogP contribution in [0.25, 0.3) is 39.4 Å². The van der Waals surface area contributed by atoms with Gasteiger partial charge in [0.15, 0.2) is 11.5 Å². The Morgan fingerprint density at radius 2 is 1.85 bits per heavy atom. The van der Waals surface area contributed by atoms with Crippen LogP contribution in [0, 0.1) is 0 Å². The summed E-state index contributed by atoms with van der Waals surface area (Å²) in [4.78, 5) is 22.8. The zero-order chi connectivity index (χ0) is 22.6. The van der Waals surface area contributed by atoms with E-state index >= 15 is 0 Å². The Morgan fingerprint density at radius 3 is 2.76 bits per heavy atom. The minimum Gasteiger partial charge on any atom is -0.306 e. The van der Waals surface area contributed by atoms with E-state index in [9.17, 15) is 4.79 Å². The summed E-state index contributed by atoms with van der Waals surface area (Å²) in [5.74, 6) is 1.74. The van der Waals surface area contributed by atoms with Crippen LogP contribution in [0.1, 0.15) is 24.5 Å². The van der Waals surface area contributed by atoms with Crippen molar-refractivity contribution in [2.75, 3.05) is 0 Å². The Labute approximate surface area is 193 Å². The highest BCUT2D eigenvalue weighted by atomic mass is 16.1. The monoisotopic (exact) mass is 445 g/mol. The normalized spacial score (nSPS) is 13.6. The molecule has 34 heavy (non-hydrogen) atoms. The van der Waals surface area contributed by atoms with Crippen LogP contribution in [0.15, 0.2) is 90.4 Å². The lowest BCUT2D eigenvalue weighted by atomic mass is 10.1. The second kappa shape index (κ2) is 7.21. The topological polar surface area (TPSA) is 82.9 Å². The van der Waals surface area contributed by atoms with Gasteiger partial charge in [-0.3, -0.25) is 13.8 Å². The Kier molecular flexibility index (Phi) is 4.01. The molecule has 6 aromatic rings. The zero-order valence-corrected chi connectivity index (χ0v) is 18.1. The molecule has 1 saturated carbocycles. The van der Waals surface area contributed by atoms with E-state index in [1.807, 2.05) is 82.2 Å². The van der Waals surface area contributed by atoms with Crippen LogP contribution in [0.3, 0.4) is 0 Å². The van der Waals surface area contributed by atoms with Crippen LogP contribution in [-0.4, -0.2) is 33.7 Å². The van der Waals surface area contributed by atoms with Gasteiger partial charge in [0.2, 0.25) is 0 Å². The minimum absolute atomic E-state index is 0.127. The molecule has 1 aliphatic rings. The first kappa shape index (κ1) is 18.9. The molecule has 0 saturated heterocycles. The molecule has 0 radical (unpaired) electrons. The lowest BCUT2D eigenvalue weighted by molar-refractivity contribution is 0.949. The number of rotatable bonds is 4. The molecular weight excluding hydrogens is 426 g/mol. The molecule has 0 unspecified atom stereocenters. The summed E-state index contributed by atoms with van der Waals surface area (Å²) in [6.07, 6.45) is 9.96. The highest BCUT2D eigenvalue weighted by molar-refractivity contribution is 5.83. The first-order valence-electron chi connectivity index (χ1n) is 11.2. The number of pyridine rings is 3. The summed E-state index contributed by atoms with van der Waals surface area (Å²) in [6, 6.07) is 19.1. The van der Waals surface area contributed by atoms with Crippen LogP contribution in [0.2, 0.25) is 0 Å². The van der Waals surface area contributed by atoms with Crippen molar-refractivity contribution in [2.45, 2.75) is 18.8 Å². The molecule has 1 aromatic carbocycles. The van der Waals surface area contributed by atoms with Crippen LogP contribution in [-0.2, 0) is 0 Å². The summed E-state index contributed by atoms with van der Waals surface area (Å²) in [5.41, 5.74) is 3.29. The number of fused-ring (bicyclic) bond motifs is 2. The summed E-state index contributed by atoms with van der Waals surface area (Å²) in [5, 5.41) is 10.0. The molecule has 7 rings (SSSR count).